The van der Waals surface area contributed by atoms with Crippen LogP contribution in [0.5, 0.6) is 0 Å². The first-order valence-corrected chi connectivity index (χ1v) is 11.9. The average Bonchev–Trinajstić information content (AvgIpc) is 3.29. The summed E-state index contributed by atoms with van der Waals surface area (Å²) in [7, 11) is -2.50. The number of aromatic amines is 1. The molecule has 0 aliphatic carbocycles. The summed E-state index contributed by atoms with van der Waals surface area (Å²) >= 11 is 6.74. The number of rotatable bonds is 4. The van der Waals surface area contributed by atoms with E-state index in [1.54, 1.807) is 36.4 Å². The lowest BCUT2D eigenvalue weighted by molar-refractivity contribution is 0.0874. The van der Waals surface area contributed by atoms with E-state index in [1.165, 1.54) is 31.2 Å². The van der Waals surface area contributed by atoms with Gasteiger partial charge in [0.1, 0.15) is 0 Å². The lowest BCUT2D eigenvalue weighted by atomic mass is 9.99. The van der Waals surface area contributed by atoms with E-state index in [0.717, 1.165) is 4.47 Å². The van der Waals surface area contributed by atoms with Crippen LogP contribution in [0.4, 0.5) is 4.79 Å². The molecule has 0 bridgehead atoms. The average molecular weight is 572 g/mol. The van der Waals surface area contributed by atoms with Crippen LogP contribution in [0.1, 0.15) is 11.1 Å². The molecule has 2 N–H and O–H groups in total. The third-order valence-corrected chi connectivity index (χ3v) is 7.46. The van der Waals surface area contributed by atoms with E-state index in [2.05, 4.69) is 36.8 Å². The molecular formula is C20H16Br2N2O6S. The second-order valence-corrected chi connectivity index (χ2v) is 10.1. The number of hydrogen-bond acceptors (Lipinski definition) is 5. The Kier molecular flexibility index (Phi) is 5.51. The number of nitrogens with one attached hydrogen (secondary N) is 1. The SMILES string of the molecule is COC(=O)n1cc(C(OC)(c2c[nH]c3cc(Br)ccc23)S(=O)(=O)O)c2ccc(Br)cc21. The molecule has 0 aliphatic rings. The number of carbonyl (C=O) groups is 1. The summed E-state index contributed by atoms with van der Waals surface area (Å²) in [6.45, 7) is 0. The third-order valence-electron chi connectivity index (χ3n) is 5.14. The Bertz CT molecular complexity index is 1440. The standard InChI is InChI=1S/C20H16Br2N2O6S/c1-29-19(25)24-10-16(14-6-4-12(22)8-18(14)24)20(30-2,31(26,27)28)15-9-23-17-7-11(21)3-5-13(15)17/h3-10,23H,1-2H3,(H,26,27,28). The summed E-state index contributed by atoms with van der Waals surface area (Å²) in [5.41, 5.74) is 1.25. The van der Waals surface area contributed by atoms with Crippen molar-refractivity contribution in [2.45, 2.75) is 4.93 Å². The topological polar surface area (TPSA) is 111 Å². The largest absolute Gasteiger partial charge is 0.452 e. The van der Waals surface area contributed by atoms with Gasteiger partial charge in [-0.1, -0.05) is 44.0 Å². The lowest BCUT2D eigenvalue weighted by Crippen LogP contribution is -2.38. The summed E-state index contributed by atoms with van der Waals surface area (Å²) in [4.78, 5) is 13.1. The second-order valence-electron chi connectivity index (χ2n) is 6.73. The Labute approximate surface area is 194 Å². The van der Waals surface area contributed by atoms with Crippen molar-refractivity contribution >= 4 is 69.9 Å². The highest BCUT2D eigenvalue weighted by Gasteiger charge is 2.51. The summed E-state index contributed by atoms with van der Waals surface area (Å²) in [6.07, 6.45) is 2.05. The maximum atomic E-state index is 12.9. The Balaban J connectivity index is 2.17. The van der Waals surface area contributed by atoms with E-state index in [9.17, 15) is 17.8 Å². The number of aromatic nitrogens is 2. The van der Waals surface area contributed by atoms with Crippen molar-refractivity contribution in [3.05, 3.63) is 68.9 Å². The van der Waals surface area contributed by atoms with Crippen molar-refractivity contribution in [2.75, 3.05) is 14.2 Å². The molecule has 8 nitrogen and oxygen atoms in total. The zero-order valence-corrected chi connectivity index (χ0v) is 20.2. The number of H-pyrrole nitrogens is 1. The second kappa shape index (κ2) is 7.75. The molecule has 4 rings (SSSR count). The first-order chi connectivity index (χ1) is 14.6. The van der Waals surface area contributed by atoms with E-state index < -0.39 is 21.1 Å². The van der Waals surface area contributed by atoms with E-state index in [0.29, 0.717) is 26.3 Å². The van der Waals surface area contributed by atoms with Gasteiger partial charge in [-0.3, -0.25) is 9.12 Å². The predicted octanol–water partition coefficient (Wildman–Crippen LogP) is 5.00. The fourth-order valence-corrected chi connectivity index (χ4v) is 5.64. The van der Waals surface area contributed by atoms with Gasteiger partial charge < -0.3 is 14.5 Å². The van der Waals surface area contributed by atoms with Crippen LogP contribution in [0, 0.1) is 0 Å². The molecule has 0 fully saturated rings. The number of nitrogens with zero attached hydrogens (tertiary/aromatic N) is 1. The summed E-state index contributed by atoms with van der Waals surface area (Å²) < 4.78 is 49.4. The van der Waals surface area contributed by atoms with Gasteiger partial charge in [-0.05, 0) is 24.3 Å². The quantitative estimate of drug-likeness (QED) is 0.334. The number of hydrogen-bond donors (Lipinski definition) is 2. The van der Waals surface area contributed by atoms with Crippen LogP contribution in [0.2, 0.25) is 0 Å². The van der Waals surface area contributed by atoms with Crippen LogP contribution in [0.3, 0.4) is 0 Å². The number of halogens is 2. The Morgan fingerprint density at radius 2 is 1.71 bits per heavy atom. The van der Waals surface area contributed by atoms with Gasteiger partial charge in [0, 0.05) is 55.9 Å². The molecule has 0 radical (unpaired) electrons. The molecule has 1 unspecified atom stereocenters. The van der Waals surface area contributed by atoms with E-state index >= 15 is 0 Å². The van der Waals surface area contributed by atoms with Gasteiger partial charge in [-0.15, -0.1) is 0 Å². The van der Waals surface area contributed by atoms with Crippen LogP contribution in [-0.4, -0.2) is 42.8 Å². The van der Waals surface area contributed by atoms with Gasteiger partial charge in [-0.2, -0.15) is 8.42 Å². The van der Waals surface area contributed by atoms with E-state index in [1.807, 2.05) is 0 Å². The van der Waals surface area contributed by atoms with Crippen molar-refractivity contribution in [3.63, 3.8) is 0 Å². The minimum atomic E-state index is -4.91. The highest BCUT2D eigenvalue weighted by atomic mass is 79.9. The molecule has 31 heavy (non-hydrogen) atoms. The van der Waals surface area contributed by atoms with Crippen molar-refractivity contribution in [2.24, 2.45) is 0 Å². The van der Waals surface area contributed by atoms with Crippen molar-refractivity contribution in [1.82, 2.24) is 9.55 Å². The predicted molar refractivity (Wildman–Crippen MR) is 123 cm³/mol. The summed E-state index contributed by atoms with van der Waals surface area (Å²) in [5.74, 6) is 0. The Hall–Kier alpha value is -2.18. The van der Waals surface area contributed by atoms with E-state index in [4.69, 9.17) is 9.47 Å². The molecular weight excluding hydrogens is 556 g/mol. The zero-order chi connectivity index (χ0) is 22.6. The minimum absolute atomic E-state index is 0.0641. The van der Waals surface area contributed by atoms with Crippen molar-refractivity contribution < 1.29 is 27.2 Å². The number of fused-ring (bicyclic) bond motifs is 2. The number of methoxy groups -OCH3 is 2. The monoisotopic (exact) mass is 570 g/mol. The minimum Gasteiger partial charge on any atom is -0.452 e. The molecule has 0 saturated heterocycles. The summed E-state index contributed by atoms with van der Waals surface area (Å²) in [6, 6.07) is 10.2. The molecule has 4 aromatic rings. The highest BCUT2D eigenvalue weighted by Crippen LogP contribution is 2.45. The Morgan fingerprint density at radius 1 is 1.06 bits per heavy atom. The van der Waals surface area contributed by atoms with Gasteiger partial charge in [0.25, 0.3) is 0 Å². The number of carbonyl (C=O) groups excluding carboxylic acids is 1. The first kappa shape index (κ1) is 22.0. The van der Waals surface area contributed by atoms with Crippen LogP contribution >= 0.6 is 31.9 Å². The lowest BCUT2D eigenvalue weighted by Gasteiger charge is -2.29. The molecule has 0 spiro atoms. The molecule has 0 amide bonds. The van der Waals surface area contributed by atoms with Crippen LogP contribution in [-0.2, 0) is 24.5 Å². The van der Waals surface area contributed by atoms with Gasteiger partial charge >= 0.3 is 16.2 Å². The maximum Gasteiger partial charge on any atom is 0.418 e. The number of ether oxygens (including phenoxy) is 2. The molecule has 11 heteroatoms. The Morgan fingerprint density at radius 3 is 2.32 bits per heavy atom. The van der Waals surface area contributed by atoms with Crippen LogP contribution in [0.15, 0.2) is 57.7 Å². The van der Waals surface area contributed by atoms with Gasteiger partial charge in [0.2, 0.25) is 4.93 Å². The van der Waals surface area contributed by atoms with Crippen LogP contribution in [0.25, 0.3) is 21.8 Å². The highest BCUT2D eigenvalue weighted by molar-refractivity contribution is 9.10. The third kappa shape index (κ3) is 3.31. The normalized spacial score (nSPS) is 14.1. The van der Waals surface area contributed by atoms with Crippen molar-refractivity contribution in [1.29, 1.82) is 0 Å². The zero-order valence-electron chi connectivity index (χ0n) is 16.2. The first-order valence-electron chi connectivity index (χ1n) is 8.82. The molecule has 2 heterocycles. The van der Waals surface area contributed by atoms with Gasteiger partial charge in [-0.25, -0.2) is 4.79 Å². The summed E-state index contributed by atoms with van der Waals surface area (Å²) in [5, 5.41) is 0.915. The number of benzene rings is 2. The molecule has 2 aromatic heterocycles. The fourth-order valence-electron chi connectivity index (χ4n) is 3.83. The van der Waals surface area contributed by atoms with E-state index in [-0.39, 0.29) is 11.1 Å². The van der Waals surface area contributed by atoms with Crippen molar-refractivity contribution in [3.8, 4) is 0 Å². The molecule has 2 aromatic carbocycles. The smallest absolute Gasteiger partial charge is 0.418 e. The molecule has 162 valence electrons. The van der Waals surface area contributed by atoms with Gasteiger partial charge in [0.15, 0.2) is 0 Å². The molecule has 0 aliphatic heterocycles. The fraction of sp³-hybridized carbons (Fsp3) is 0.150. The van der Waals surface area contributed by atoms with Crippen LogP contribution < -0.4 is 0 Å². The maximum absolute atomic E-state index is 12.9. The molecule has 0 saturated carbocycles. The molecule has 1 atom stereocenters. The van der Waals surface area contributed by atoms with Gasteiger partial charge in [0.05, 0.1) is 12.6 Å².